The van der Waals surface area contributed by atoms with Crippen LogP contribution >= 0.6 is 0 Å². The second kappa shape index (κ2) is 13.8. The second-order valence-corrected chi connectivity index (χ2v) is 20.9. The topological polar surface area (TPSA) is 0 Å². The maximum atomic E-state index is 2.38. The van der Waals surface area contributed by atoms with E-state index < -0.39 is 18.4 Å². The van der Waals surface area contributed by atoms with E-state index in [4.69, 9.17) is 0 Å². The van der Waals surface area contributed by atoms with Crippen molar-refractivity contribution in [2.75, 3.05) is 0 Å². The molecule has 0 aromatic carbocycles. The molecule has 0 heterocycles. The van der Waals surface area contributed by atoms with E-state index in [0.29, 0.717) is 0 Å². The van der Waals surface area contributed by atoms with Crippen molar-refractivity contribution in [1.82, 2.24) is 0 Å². The van der Waals surface area contributed by atoms with Crippen LogP contribution in [0, 0.1) is 0 Å². The molecule has 19 heavy (non-hydrogen) atoms. The van der Waals surface area contributed by atoms with Crippen LogP contribution in [-0.4, -0.2) is 18.4 Å². The van der Waals surface area contributed by atoms with Gasteiger partial charge in [-0.05, 0) is 0 Å². The first-order valence-corrected chi connectivity index (χ1v) is 17.3. The van der Waals surface area contributed by atoms with Crippen LogP contribution in [-0.2, 0) is 0 Å². The van der Waals surface area contributed by atoms with Crippen molar-refractivity contribution < 1.29 is 0 Å². The van der Waals surface area contributed by atoms with Gasteiger partial charge >= 0.3 is 128 Å². The van der Waals surface area contributed by atoms with Gasteiger partial charge in [-0.15, -0.1) is 0 Å². The Kier molecular flexibility index (Phi) is 14.3. The molecule has 0 aliphatic rings. The number of hydrogen-bond acceptors (Lipinski definition) is 0. The molecule has 0 aromatic rings. The van der Waals surface area contributed by atoms with Gasteiger partial charge in [-0.25, -0.2) is 0 Å². The summed E-state index contributed by atoms with van der Waals surface area (Å²) in [5, 5.41) is 0. The SMILES string of the molecule is CCCC[CH2][Sn]([CH2]CCC)([CH2]CCC)[CH2]CCCC. The van der Waals surface area contributed by atoms with E-state index in [9.17, 15) is 0 Å². The molecule has 1 heteroatoms. The quantitative estimate of drug-likeness (QED) is 0.219. The van der Waals surface area contributed by atoms with Gasteiger partial charge < -0.3 is 0 Å². The number of hydrogen-bond donors (Lipinski definition) is 0. The Balaban J connectivity index is 4.44. The molecule has 0 rings (SSSR count). The zero-order chi connectivity index (χ0) is 14.4. The van der Waals surface area contributed by atoms with Crippen LogP contribution in [0.5, 0.6) is 0 Å². The fourth-order valence-corrected chi connectivity index (χ4v) is 19.6. The summed E-state index contributed by atoms with van der Waals surface area (Å²) in [6, 6.07) is 0. The first-order chi connectivity index (χ1) is 9.24. The van der Waals surface area contributed by atoms with Gasteiger partial charge in [-0.3, -0.25) is 0 Å². The van der Waals surface area contributed by atoms with E-state index in [-0.39, 0.29) is 0 Å². The van der Waals surface area contributed by atoms with Crippen molar-refractivity contribution in [3.63, 3.8) is 0 Å². The number of rotatable bonds is 14. The van der Waals surface area contributed by atoms with Crippen LogP contribution < -0.4 is 0 Å². The minimum atomic E-state index is -1.74. The summed E-state index contributed by atoms with van der Waals surface area (Å²) >= 11 is -1.74. The Morgan fingerprint density at radius 2 is 0.737 bits per heavy atom. The van der Waals surface area contributed by atoms with E-state index in [1.54, 1.807) is 30.6 Å². The minimum absolute atomic E-state index is 1.40. The van der Waals surface area contributed by atoms with E-state index in [2.05, 4.69) is 27.7 Å². The first-order valence-electron chi connectivity index (χ1n) is 9.24. The third-order valence-corrected chi connectivity index (χ3v) is 20.9. The number of unbranched alkanes of at least 4 members (excludes halogenated alkanes) is 6. The van der Waals surface area contributed by atoms with Gasteiger partial charge in [0, 0.05) is 0 Å². The molecule has 0 radical (unpaired) electrons. The molecule has 0 aromatic heterocycles. The van der Waals surface area contributed by atoms with Gasteiger partial charge in [0.25, 0.3) is 0 Å². The van der Waals surface area contributed by atoms with Crippen LogP contribution in [0.1, 0.15) is 91.9 Å². The zero-order valence-corrected chi connectivity index (χ0v) is 17.3. The normalized spacial score (nSPS) is 12.0. The molecule has 0 aliphatic heterocycles. The predicted octanol–water partition coefficient (Wildman–Crippen LogP) is 7.42. The van der Waals surface area contributed by atoms with E-state index in [0.717, 1.165) is 0 Å². The average Bonchev–Trinajstić information content (AvgIpc) is 2.43. The van der Waals surface area contributed by atoms with Crippen molar-refractivity contribution >= 4 is 18.4 Å². The van der Waals surface area contributed by atoms with Crippen LogP contribution in [0.3, 0.4) is 0 Å². The van der Waals surface area contributed by atoms with E-state index >= 15 is 0 Å². The predicted molar refractivity (Wildman–Crippen MR) is 93.8 cm³/mol. The fourth-order valence-electron chi connectivity index (χ4n) is 3.35. The molecule has 0 N–H and O–H groups in total. The Labute approximate surface area is 128 Å². The molecule has 0 spiro atoms. The Bertz CT molecular complexity index is 157. The zero-order valence-electron chi connectivity index (χ0n) is 14.4. The Morgan fingerprint density at radius 1 is 0.421 bits per heavy atom. The van der Waals surface area contributed by atoms with Gasteiger partial charge in [-0.2, -0.15) is 0 Å². The molecule has 0 saturated heterocycles. The van der Waals surface area contributed by atoms with Crippen LogP contribution in [0.15, 0.2) is 0 Å². The molecule has 0 bridgehead atoms. The molecule has 116 valence electrons. The third kappa shape index (κ3) is 10.2. The molecular formula is C18H40Sn. The molecule has 0 unspecified atom stereocenters. The summed E-state index contributed by atoms with van der Waals surface area (Å²) < 4.78 is 6.84. The molecule has 0 nitrogen and oxygen atoms in total. The molecular weight excluding hydrogens is 335 g/mol. The fraction of sp³-hybridized carbons (Fsp3) is 1.00. The summed E-state index contributed by atoms with van der Waals surface area (Å²) in [7, 11) is 0. The summed E-state index contributed by atoms with van der Waals surface area (Å²) in [6.07, 6.45) is 14.8. The average molecular weight is 375 g/mol. The third-order valence-electron chi connectivity index (χ3n) is 4.74. The summed E-state index contributed by atoms with van der Waals surface area (Å²) in [4.78, 5) is 0. The van der Waals surface area contributed by atoms with Gasteiger partial charge in [0.2, 0.25) is 0 Å². The van der Waals surface area contributed by atoms with Crippen LogP contribution in [0.25, 0.3) is 0 Å². The van der Waals surface area contributed by atoms with Crippen molar-refractivity contribution in [1.29, 1.82) is 0 Å². The van der Waals surface area contributed by atoms with Crippen molar-refractivity contribution in [2.24, 2.45) is 0 Å². The van der Waals surface area contributed by atoms with Gasteiger partial charge in [0.05, 0.1) is 0 Å². The van der Waals surface area contributed by atoms with E-state index in [1.165, 1.54) is 51.4 Å². The molecule has 0 atom stereocenters. The van der Waals surface area contributed by atoms with Gasteiger partial charge in [0.1, 0.15) is 0 Å². The van der Waals surface area contributed by atoms with Crippen molar-refractivity contribution in [3.05, 3.63) is 0 Å². The van der Waals surface area contributed by atoms with Gasteiger partial charge in [0.15, 0.2) is 0 Å². The standard InChI is InChI=1S/2C5H11.2C4H9.Sn/c2*1-3-5-4-2;2*1-3-4-2;/h2*1,3-5H2,2H3;2*1,3-4H2,2H3;. The van der Waals surface area contributed by atoms with E-state index in [1.807, 2.05) is 0 Å². The second-order valence-electron chi connectivity index (χ2n) is 6.62. The van der Waals surface area contributed by atoms with Crippen molar-refractivity contribution in [3.8, 4) is 0 Å². The Hall–Kier alpha value is 0.799. The molecule has 0 amide bonds. The molecule has 0 aliphatic carbocycles. The van der Waals surface area contributed by atoms with Crippen LogP contribution in [0.4, 0.5) is 0 Å². The first kappa shape index (κ1) is 19.8. The summed E-state index contributed by atoms with van der Waals surface area (Å²) in [5.74, 6) is 0. The molecule has 0 saturated carbocycles. The summed E-state index contributed by atoms with van der Waals surface area (Å²) in [6.45, 7) is 9.47. The van der Waals surface area contributed by atoms with Gasteiger partial charge in [-0.1, -0.05) is 0 Å². The molecule has 0 fully saturated rings. The van der Waals surface area contributed by atoms with Crippen LogP contribution in [0.2, 0.25) is 17.7 Å². The summed E-state index contributed by atoms with van der Waals surface area (Å²) in [5.41, 5.74) is 0. The van der Waals surface area contributed by atoms with Crippen molar-refractivity contribution in [2.45, 2.75) is 110 Å². The maximum absolute atomic E-state index is 2.38. The Morgan fingerprint density at radius 3 is 1.05 bits per heavy atom. The monoisotopic (exact) mass is 376 g/mol.